The lowest BCUT2D eigenvalue weighted by Crippen LogP contribution is -2.26. The molecule has 76 valence electrons. The van der Waals surface area contributed by atoms with E-state index >= 15 is 0 Å². The van der Waals surface area contributed by atoms with Crippen LogP contribution in [0.5, 0.6) is 0 Å². The maximum atomic E-state index is 11.2. The minimum absolute atomic E-state index is 0.441. The molecule has 14 heavy (non-hydrogen) atoms. The molecule has 0 rings (SSSR count). The van der Waals surface area contributed by atoms with Gasteiger partial charge in [-0.15, -0.1) is 13.2 Å². The van der Waals surface area contributed by atoms with E-state index in [1.54, 1.807) is 12.2 Å². The number of rotatable bonds is 4. The van der Waals surface area contributed by atoms with Crippen LogP contribution in [-0.4, -0.2) is 24.6 Å². The zero-order chi connectivity index (χ0) is 10.8. The molecule has 0 heterocycles. The van der Waals surface area contributed by atoms with Crippen molar-refractivity contribution in [3.05, 3.63) is 25.3 Å². The molecule has 0 aromatic carbocycles. The number of carbonyl (C=O) groups excluding carboxylic acids is 1. The van der Waals surface area contributed by atoms with Crippen LogP contribution in [0, 0.1) is 12.0 Å². The molecule has 0 radical (unpaired) electrons. The molecule has 0 fully saturated rings. The number of carbonyl (C=O) groups is 1. The van der Waals surface area contributed by atoms with Crippen LogP contribution in [0.1, 0.15) is 12.8 Å². The van der Waals surface area contributed by atoms with E-state index in [0.29, 0.717) is 19.4 Å². The molecule has 0 N–H and O–H groups in total. The van der Waals surface area contributed by atoms with E-state index in [4.69, 9.17) is 0 Å². The van der Waals surface area contributed by atoms with Gasteiger partial charge >= 0.3 is 6.09 Å². The van der Waals surface area contributed by atoms with Crippen molar-refractivity contribution in [3.63, 3.8) is 0 Å². The van der Waals surface area contributed by atoms with Crippen LogP contribution in [0.25, 0.3) is 0 Å². The van der Waals surface area contributed by atoms with Gasteiger partial charge in [0.2, 0.25) is 0 Å². The van der Waals surface area contributed by atoms with Gasteiger partial charge in [0.1, 0.15) is 0 Å². The first-order chi connectivity index (χ1) is 6.76. The Morgan fingerprint density at radius 2 is 2.21 bits per heavy atom. The van der Waals surface area contributed by atoms with Crippen LogP contribution in [0.2, 0.25) is 0 Å². The summed E-state index contributed by atoms with van der Waals surface area (Å²) in [5.74, 6) is 2.78. The maximum absolute atomic E-state index is 11.2. The third-order valence-electron chi connectivity index (χ3n) is 1.41. The van der Waals surface area contributed by atoms with E-state index in [-0.39, 0.29) is 0 Å². The zero-order valence-corrected chi connectivity index (χ0v) is 8.45. The molecule has 3 nitrogen and oxygen atoms in total. The second kappa shape index (κ2) is 7.93. The van der Waals surface area contributed by atoms with Gasteiger partial charge in [0, 0.05) is 19.0 Å². The molecule has 0 bridgehead atoms. The summed E-state index contributed by atoms with van der Waals surface area (Å²) in [4.78, 5) is 12.5. The maximum Gasteiger partial charge on any atom is 0.421 e. The summed E-state index contributed by atoms with van der Waals surface area (Å²) < 4.78 is 4.56. The number of hydrogen-bond donors (Lipinski definition) is 0. The topological polar surface area (TPSA) is 29.5 Å². The Bertz CT molecular complexity index is 260. The molecule has 0 aromatic rings. The normalized spacial score (nSPS) is 8.07. The quantitative estimate of drug-likeness (QED) is 0.389. The van der Waals surface area contributed by atoms with E-state index < -0.39 is 6.09 Å². The second-order valence-electron chi connectivity index (χ2n) is 2.48. The summed E-state index contributed by atoms with van der Waals surface area (Å²) in [5.41, 5.74) is 0. The standard InChI is InChI=1S/C11H15NO2/c1-4-6-8-10-12(9-7-5-2)11(13)14-3/h4-5H,1-2,6-7,9H2,3H3. The van der Waals surface area contributed by atoms with Crippen molar-refractivity contribution in [2.75, 3.05) is 13.7 Å². The van der Waals surface area contributed by atoms with Crippen LogP contribution in [0.15, 0.2) is 25.3 Å². The molecule has 0 spiro atoms. The Morgan fingerprint density at radius 3 is 2.71 bits per heavy atom. The summed E-state index contributed by atoms with van der Waals surface area (Å²) in [7, 11) is 1.33. The lowest BCUT2D eigenvalue weighted by atomic mass is 10.4. The summed E-state index contributed by atoms with van der Waals surface area (Å²) in [6.07, 6.45) is 4.21. The molecule has 0 unspecified atom stereocenters. The molecule has 0 aliphatic carbocycles. The second-order valence-corrected chi connectivity index (χ2v) is 2.48. The first kappa shape index (κ1) is 12.3. The smallest absolute Gasteiger partial charge is 0.421 e. The SMILES string of the molecule is C=CCC#CN(CCC=C)C(=O)OC. The highest BCUT2D eigenvalue weighted by Gasteiger charge is 2.08. The van der Waals surface area contributed by atoms with Gasteiger partial charge in [-0.05, 0) is 6.42 Å². The summed E-state index contributed by atoms with van der Waals surface area (Å²) in [6.45, 7) is 7.60. The van der Waals surface area contributed by atoms with Crippen LogP contribution in [0.3, 0.4) is 0 Å². The average Bonchev–Trinajstić information content (AvgIpc) is 2.22. The Labute approximate surface area is 85.0 Å². The number of methoxy groups -OCH3 is 1. The van der Waals surface area contributed by atoms with Gasteiger partial charge in [0.15, 0.2) is 0 Å². The van der Waals surface area contributed by atoms with Crippen LogP contribution in [0.4, 0.5) is 4.79 Å². The van der Waals surface area contributed by atoms with Gasteiger partial charge in [-0.3, -0.25) is 0 Å². The number of allylic oxidation sites excluding steroid dienone is 1. The van der Waals surface area contributed by atoms with E-state index in [1.807, 2.05) is 0 Å². The molecule has 3 heteroatoms. The largest absolute Gasteiger partial charge is 0.452 e. The number of amides is 1. The number of ether oxygens (including phenoxy) is 1. The molecule has 0 aromatic heterocycles. The molecule has 0 saturated carbocycles. The highest BCUT2D eigenvalue weighted by Crippen LogP contribution is 1.94. The van der Waals surface area contributed by atoms with Gasteiger partial charge in [-0.1, -0.05) is 18.1 Å². The Balaban J connectivity index is 4.24. The number of hydrogen-bond acceptors (Lipinski definition) is 2. The summed E-state index contributed by atoms with van der Waals surface area (Å²) in [5, 5.41) is 0. The Kier molecular flexibility index (Phi) is 6.98. The fourth-order valence-electron chi connectivity index (χ4n) is 0.737. The Hall–Kier alpha value is -1.69. The van der Waals surface area contributed by atoms with Crippen molar-refractivity contribution < 1.29 is 9.53 Å². The van der Waals surface area contributed by atoms with Crippen molar-refractivity contribution >= 4 is 6.09 Å². The van der Waals surface area contributed by atoms with E-state index in [9.17, 15) is 4.79 Å². The van der Waals surface area contributed by atoms with E-state index in [2.05, 4.69) is 29.9 Å². The first-order valence-corrected chi connectivity index (χ1v) is 4.32. The van der Waals surface area contributed by atoms with Crippen molar-refractivity contribution in [2.24, 2.45) is 0 Å². The monoisotopic (exact) mass is 193 g/mol. The van der Waals surface area contributed by atoms with Crippen molar-refractivity contribution in [2.45, 2.75) is 12.8 Å². The lowest BCUT2D eigenvalue weighted by Gasteiger charge is -2.12. The molecular weight excluding hydrogens is 178 g/mol. The van der Waals surface area contributed by atoms with Gasteiger partial charge in [0.25, 0.3) is 0 Å². The van der Waals surface area contributed by atoms with Crippen molar-refractivity contribution in [1.82, 2.24) is 4.90 Å². The van der Waals surface area contributed by atoms with E-state index in [1.165, 1.54) is 12.0 Å². The van der Waals surface area contributed by atoms with Gasteiger partial charge < -0.3 is 4.74 Å². The average molecular weight is 193 g/mol. The van der Waals surface area contributed by atoms with Gasteiger partial charge in [0.05, 0.1) is 7.11 Å². The van der Waals surface area contributed by atoms with Crippen LogP contribution >= 0.6 is 0 Å². The Morgan fingerprint density at radius 1 is 1.50 bits per heavy atom. The van der Waals surface area contributed by atoms with Crippen LogP contribution in [-0.2, 0) is 4.74 Å². The van der Waals surface area contributed by atoms with E-state index in [0.717, 1.165) is 0 Å². The van der Waals surface area contributed by atoms with Gasteiger partial charge in [-0.25, -0.2) is 9.69 Å². The van der Waals surface area contributed by atoms with Crippen molar-refractivity contribution in [3.8, 4) is 12.0 Å². The highest BCUT2D eigenvalue weighted by atomic mass is 16.5. The third kappa shape index (κ3) is 5.04. The molecule has 0 aliphatic rings. The molecule has 1 amide bonds. The lowest BCUT2D eigenvalue weighted by molar-refractivity contribution is 0.143. The van der Waals surface area contributed by atoms with Crippen molar-refractivity contribution in [1.29, 1.82) is 0 Å². The van der Waals surface area contributed by atoms with Crippen LogP contribution < -0.4 is 0 Å². The molecule has 0 saturated heterocycles. The zero-order valence-electron chi connectivity index (χ0n) is 8.45. The first-order valence-electron chi connectivity index (χ1n) is 4.32. The summed E-state index contributed by atoms with van der Waals surface area (Å²) >= 11 is 0. The molecule has 0 atom stereocenters. The minimum Gasteiger partial charge on any atom is -0.452 e. The highest BCUT2D eigenvalue weighted by molar-refractivity contribution is 5.69. The minimum atomic E-state index is -0.441. The number of nitrogens with zero attached hydrogens (tertiary/aromatic N) is 1. The molecular formula is C11H15NO2. The predicted octanol–water partition coefficient (Wildman–Crippen LogP) is 2.17. The fraction of sp³-hybridized carbons (Fsp3) is 0.364. The predicted molar refractivity (Wildman–Crippen MR) is 56.5 cm³/mol. The fourth-order valence-corrected chi connectivity index (χ4v) is 0.737. The summed E-state index contributed by atoms with van der Waals surface area (Å²) in [6, 6.07) is 2.70. The third-order valence-corrected chi connectivity index (χ3v) is 1.41. The molecule has 0 aliphatic heterocycles. The van der Waals surface area contributed by atoms with Gasteiger partial charge in [-0.2, -0.15) is 0 Å².